The van der Waals surface area contributed by atoms with Gasteiger partial charge in [-0.05, 0) is 35.9 Å². The van der Waals surface area contributed by atoms with Crippen LogP contribution in [0.3, 0.4) is 0 Å². The zero-order valence-corrected chi connectivity index (χ0v) is 15.1. The van der Waals surface area contributed by atoms with E-state index in [0.717, 1.165) is 28.8 Å². The lowest BCUT2D eigenvalue weighted by molar-refractivity contribution is 0.0658. The molecule has 0 radical (unpaired) electrons. The Hall–Kier alpha value is -2.34. The Bertz CT molecular complexity index is 997. The van der Waals surface area contributed by atoms with E-state index in [1.165, 1.54) is 0 Å². The van der Waals surface area contributed by atoms with Crippen LogP contribution in [0.25, 0.3) is 22.1 Å². The number of hydrogen-bond acceptors (Lipinski definition) is 5. The number of benzene rings is 2. The highest BCUT2D eigenvalue weighted by atomic mass is 35.5. The lowest BCUT2D eigenvalue weighted by Gasteiger charge is -2.28. The molecule has 5 nitrogen and oxygen atoms in total. The Morgan fingerprint density at radius 3 is 2.77 bits per heavy atom. The lowest BCUT2D eigenvalue weighted by Crippen LogP contribution is -2.34. The lowest BCUT2D eigenvalue weighted by atomic mass is 10.0. The number of rotatable bonds is 4. The van der Waals surface area contributed by atoms with Gasteiger partial charge in [-0.2, -0.15) is 0 Å². The molecule has 4 rings (SSSR count). The van der Waals surface area contributed by atoms with Crippen molar-refractivity contribution in [1.82, 2.24) is 4.90 Å². The van der Waals surface area contributed by atoms with Crippen LogP contribution in [0.15, 0.2) is 51.7 Å². The molecule has 0 aliphatic carbocycles. The fourth-order valence-electron chi connectivity index (χ4n) is 3.13. The molecular formula is C20H18ClNO4. The predicted molar refractivity (Wildman–Crippen MR) is 101 cm³/mol. The summed E-state index contributed by atoms with van der Waals surface area (Å²) in [7, 11) is 1.67. The van der Waals surface area contributed by atoms with Crippen molar-refractivity contribution in [3.05, 3.63) is 63.5 Å². The number of halogens is 1. The second kappa shape index (κ2) is 7.11. The first-order valence-electron chi connectivity index (χ1n) is 8.35. The third-order valence-corrected chi connectivity index (χ3v) is 4.77. The number of hydrogen-bond donors (Lipinski definition) is 0. The van der Waals surface area contributed by atoms with E-state index in [0.29, 0.717) is 36.1 Å². The second-order valence-corrected chi connectivity index (χ2v) is 6.67. The van der Waals surface area contributed by atoms with Crippen LogP contribution in [0.1, 0.15) is 5.56 Å². The van der Waals surface area contributed by atoms with E-state index in [4.69, 9.17) is 25.5 Å². The molecule has 134 valence electrons. The smallest absolute Gasteiger partial charge is 0.344 e. The van der Waals surface area contributed by atoms with Crippen LogP contribution in [0.5, 0.6) is 5.75 Å². The fourth-order valence-corrected chi connectivity index (χ4v) is 3.26. The van der Waals surface area contributed by atoms with Crippen LogP contribution in [-0.4, -0.2) is 31.9 Å². The van der Waals surface area contributed by atoms with Gasteiger partial charge in [-0.15, -0.1) is 0 Å². The molecule has 1 aliphatic heterocycles. The third kappa shape index (κ3) is 3.21. The molecule has 3 aromatic rings. The number of nitrogens with zero attached hydrogens (tertiary/aromatic N) is 1. The number of methoxy groups -OCH3 is 1. The quantitative estimate of drug-likeness (QED) is 0.651. The van der Waals surface area contributed by atoms with E-state index in [9.17, 15) is 4.79 Å². The largest absolute Gasteiger partial charge is 0.478 e. The van der Waals surface area contributed by atoms with Gasteiger partial charge < -0.3 is 13.9 Å². The van der Waals surface area contributed by atoms with Gasteiger partial charge in [0.25, 0.3) is 0 Å². The topological polar surface area (TPSA) is 51.9 Å². The van der Waals surface area contributed by atoms with Crippen LogP contribution in [0.4, 0.5) is 0 Å². The van der Waals surface area contributed by atoms with Gasteiger partial charge in [0.1, 0.15) is 18.1 Å². The van der Waals surface area contributed by atoms with Crippen LogP contribution in [0.2, 0.25) is 5.02 Å². The van der Waals surface area contributed by atoms with Crippen LogP contribution in [-0.2, 0) is 11.3 Å². The maximum atomic E-state index is 12.6. The summed E-state index contributed by atoms with van der Waals surface area (Å²) in [6.45, 7) is 2.52. The van der Waals surface area contributed by atoms with Gasteiger partial charge in [0, 0.05) is 30.6 Å². The third-order valence-electron chi connectivity index (χ3n) is 4.51. The fraction of sp³-hybridized carbons (Fsp3) is 0.250. The molecule has 0 atom stereocenters. The SMILES string of the molecule is COCCN1COc2ccc3cc(-c4ccc(Cl)cc4)c(=O)oc3c2C1. The Kier molecular flexibility index (Phi) is 4.68. The molecule has 0 spiro atoms. The van der Waals surface area contributed by atoms with Gasteiger partial charge in [0.15, 0.2) is 0 Å². The average molecular weight is 372 g/mol. The molecule has 0 fully saturated rings. The van der Waals surface area contributed by atoms with E-state index in [2.05, 4.69) is 4.90 Å². The molecular weight excluding hydrogens is 354 g/mol. The monoisotopic (exact) mass is 371 g/mol. The van der Waals surface area contributed by atoms with Gasteiger partial charge in [-0.1, -0.05) is 23.7 Å². The summed E-state index contributed by atoms with van der Waals surface area (Å²) in [5.74, 6) is 0.758. The highest BCUT2D eigenvalue weighted by Gasteiger charge is 2.22. The van der Waals surface area contributed by atoms with Crippen LogP contribution >= 0.6 is 11.6 Å². The van der Waals surface area contributed by atoms with Gasteiger partial charge in [0.05, 0.1) is 17.7 Å². The highest BCUT2D eigenvalue weighted by Crippen LogP contribution is 2.33. The summed E-state index contributed by atoms with van der Waals surface area (Å²) in [5, 5.41) is 1.49. The van der Waals surface area contributed by atoms with Crippen LogP contribution in [0, 0.1) is 0 Å². The summed E-state index contributed by atoms with van der Waals surface area (Å²) in [5.41, 5.74) is 2.39. The van der Waals surface area contributed by atoms with Crippen molar-refractivity contribution in [1.29, 1.82) is 0 Å². The molecule has 2 aromatic carbocycles. The Balaban J connectivity index is 1.77. The highest BCUT2D eigenvalue weighted by molar-refractivity contribution is 6.30. The van der Waals surface area contributed by atoms with E-state index < -0.39 is 0 Å². The first-order chi connectivity index (χ1) is 12.7. The molecule has 1 aromatic heterocycles. The van der Waals surface area contributed by atoms with Crippen molar-refractivity contribution in [3.8, 4) is 16.9 Å². The first kappa shape index (κ1) is 17.1. The predicted octanol–water partition coefficient (Wildman–Crippen LogP) is 3.91. The van der Waals surface area contributed by atoms with Gasteiger partial charge in [-0.3, -0.25) is 4.90 Å². The molecule has 2 heterocycles. The minimum atomic E-state index is -0.373. The van der Waals surface area contributed by atoms with E-state index >= 15 is 0 Å². The van der Waals surface area contributed by atoms with E-state index in [1.807, 2.05) is 30.3 Å². The maximum Gasteiger partial charge on any atom is 0.344 e. The van der Waals surface area contributed by atoms with Gasteiger partial charge in [-0.25, -0.2) is 4.79 Å². The zero-order valence-electron chi connectivity index (χ0n) is 14.3. The summed E-state index contributed by atoms with van der Waals surface area (Å²) in [6, 6.07) is 12.9. The van der Waals surface area contributed by atoms with Crippen molar-refractivity contribution in [2.45, 2.75) is 6.54 Å². The molecule has 0 N–H and O–H groups in total. The van der Waals surface area contributed by atoms with E-state index in [1.54, 1.807) is 19.2 Å². The van der Waals surface area contributed by atoms with Gasteiger partial charge >= 0.3 is 5.63 Å². The number of fused-ring (bicyclic) bond motifs is 3. The molecule has 0 bridgehead atoms. The summed E-state index contributed by atoms with van der Waals surface area (Å²) < 4.78 is 16.6. The van der Waals surface area contributed by atoms with Crippen molar-refractivity contribution in [2.24, 2.45) is 0 Å². The van der Waals surface area contributed by atoms with Crippen molar-refractivity contribution in [3.63, 3.8) is 0 Å². The Morgan fingerprint density at radius 2 is 2.00 bits per heavy atom. The molecule has 0 amide bonds. The van der Waals surface area contributed by atoms with Gasteiger partial charge in [0.2, 0.25) is 0 Å². The standard InChI is InChI=1S/C20H18ClNO4/c1-24-9-8-22-11-17-18(25-12-22)7-4-14-10-16(20(23)26-19(14)17)13-2-5-15(21)6-3-13/h2-7,10H,8-9,11-12H2,1H3. The summed E-state index contributed by atoms with van der Waals surface area (Å²) >= 11 is 5.93. The number of ether oxygens (including phenoxy) is 2. The van der Waals surface area contributed by atoms with Crippen molar-refractivity contribution < 1.29 is 13.9 Å². The second-order valence-electron chi connectivity index (χ2n) is 6.23. The Labute approximate surface area is 155 Å². The molecule has 1 aliphatic rings. The Morgan fingerprint density at radius 1 is 1.19 bits per heavy atom. The van der Waals surface area contributed by atoms with E-state index in [-0.39, 0.29) is 5.63 Å². The molecule has 6 heteroatoms. The molecule has 0 saturated carbocycles. The molecule has 0 saturated heterocycles. The maximum absolute atomic E-state index is 12.6. The van der Waals surface area contributed by atoms with Crippen LogP contribution < -0.4 is 10.4 Å². The first-order valence-corrected chi connectivity index (χ1v) is 8.73. The summed E-state index contributed by atoms with van der Waals surface area (Å²) in [6.07, 6.45) is 0. The normalized spacial score (nSPS) is 14.2. The zero-order chi connectivity index (χ0) is 18.1. The molecule has 26 heavy (non-hydrogen) atoms. The minimum absolute atomic E-state index is 0.373. The molecule has 0 unspecified atom stereocenters. The minimum Gasteiger partial charge on any atom is -0.478 e. The summed E-state index contributed by atoms with van der Waals surface area (Å²) in [4.78, 5) is 14.7. The van der Waals surface area contributed by atoms with Crippen molar-refractivity contribution in [2.75, 3.05) is 27.0 Å². The average Bonchev–Trinajstić information content (AvgIpc) is 2.66. The van der Waals surface area contributed by atoms with Crippen molar-refractivity contribution >= 4 is 22.6 Å².